The van der Waals surface area contributed by atoms with E-state index in [2.05, 4.69) is 25.2 Å². The number of carbonyl (C=O) groups excluding carboxylic acids is 2. The van der Waals surface area contributed by atoms with Crippen LogP contribution < -0.4 is 15.4 Å². The maximum absolute atomic E-state index is 14.3. The number of aromatic nitrogens is 1. The zero-order valence-corrected chi connectivity index (χ0v) is 27.9. The first-order chi connectivity index (χ1) is 22.0. The van der Waals surface area contributed by atoms with Gasteiger partial charge in [0.05, 0.1) is 10.9 Å². The molecule has 46 heavy (non-hydrogen) atoms. The quantitative estimate of drug-likeness (QED) is 0.106. The molecular formula is C30H44N8O6S2. The molecule has 1 unspecified atom stereocenters. The summed E-state index contributed by atoms with van der Waals surface area (Å²) in [5.41, 5.74) is 0.884. The summed E-state index contributed by atoms with van der Waals surface area (Å²) in [7, 11) is -2.71. The van der Waals surface area contributed by atoms with Crippen molar-refractivity contribution in [2.45, 2.75) is 55.8 Å². The highest BCUT2D eigenvalue weighted by atomic mass is 32.2. The highest BCUT2D eigenvalue weighted by Crippen LogP contribution is 2.23. The lowest BCUT2D eigenvalue weighted by Gasteiger charge is -2.46. The topological polar surface area (TPSA) is 188 Å². The number of piperazine rings is 1. The number of likely N-dealkylation sites (N-methyl/N-ethyl adjacent to an activating group) is 1. The lowest BCUT2D eigenvalue weighted by Crippen LogP contribution is -2.77. The molecule has 2 aromatic rings. The summed E-state index contributed by atoms with van der Waals surface area (Å²) in [4.78, 5) is 48.4. The van der Waals surface area contributed by atoms with E-state index in [0.717, 1.165) is 48.9 Å². The molecule has 2 atom stereocenters. The van der Waals surface area contributed by atoms with E-state index in [-0.39, 0.29) is 22.7 Å². The van der Waals surface area contributed by atoms with Crippen molar-refractivity contribution in [2.75, 3.05) is 52.9 Å². The largest absolute Gasteiger partial charge is 0.465 e. The Morgan fingerprint density at radius 2 is 1.80 bits per heavy atom. The van der Waals surface area contributed by atoms with E-state index in [9.17, 15) is 27.9 Å². The average Bonchev–Trinajstić information content (AvgIpc) is 3.60. The second-order valence-corrected chi connectivity index (χ2v) is 14.3. The van der Waals surface area contributed by atoms with Crippen LogP contribution in [0.3, 0.4) is 0 Å². The number of hydrogen-bond donors (Lipinski definition) is 5. The molecule has 5 N–H and O–H groups in total. The number of ketones is 1. The fraction of sp³-hybridized carbons (Fsp3) is 0.567. The summed E-state index contributed by atoms with van der Waals surface area (Å²) in [6.45, 7) is 5.61. The van der Waals surface area contributed by atoms with Crippen molar-refractivity contribution in [3.8, 4) is 0 Å². The lowest BCUT2D eigenvalue weighted by molar-refractivity contribution is -0.139. The fourth-order valence-electron chi connectivity index (χ4n) is 5.91. The minimum absolute atomic E-state index is 0.00248. The van der Waals surface area contributed by atoms with Gasteiger partial charge < -0.3 is 25.6 Å². The number of Topliss-reactive ketones (excluding diaryl/α,β-unsaturated/α-hetero) is 1. The standard InChI is InChI=1S/C30H44N8O6S2/c1-22-5-7-24(8-6-22)46(43,44)35-30(32-2,28(40)34-25(4-3-12-31)26(39)27-33-13-21-45-27)38-19-17-36(18-20-38)14-9-23-10-15-37(16-11-23)29(41)42/h5-8,12-13,21,23,25,31-32,35H,3-4,9-11,14-20H2,1-2H3,(H,34,40)(H,41,42)/t25?,30-/m1/s1. The molecule has 0 saturated carbocycles. The molecule has 4 rings (SSSR count). The number of rotatable bonds is 15. The third-order valence-corrected chi connectivity index (χ3v) is 11.0. The Labute approximate surface area is 274 Å². The number of hydrogen-bond acceptors (Lipinski definition) is 11. The highest BCUT2D eigenvalue weighted by Gasteiger charge is 2.48. The zero-order valence-electron chi connectivity index (χ0n) is 26.3. The number of amides is 2. The van der Waals surface area contributed by atoms with Gasteiger partial charge in [0, 0.05) is 50.8 Å². The van der Waals surface area contributed by atoms with Gasteiger partial charge in [0.2, 0.25) is 21.6 Å². The van der Waals surface area contributed by atoms with Crippen LogP contribution in [-0.4, -0.2) is 122 Å². The maximum Gasteiger partial charge on any atom is 0.407 e. The summed E-state index contributed by atoms with van der Waals surface area (Å²) >= 11 is 1.15. The van der Waals surface area contributed by atoms with Gasteiger partial charge in [-0.2, -0.15) is 4.72 Å². The molecule has 2 aliphatic rings. The minimum atomic E-state index is -4.21. The molecule has 0 spiro atoms. The molecule has 2 aliphatic heterocycles. The average molecular weight is 677 g/mol. The van der Waals surface area contributed by atoms with E-state index in [4.69, 9.17) is 5.41 Å². The van der Waals surface area contributed by atoms with Crippen LogP contribution in [0.2, 0.25) is 0 Å². The molecular weight excluding hydrogens is 633 g/mol. The first-order valence-electron chi connectivity index (χ1n) is 15.5. The first kappa shape index (κ1) is 35.6. The van der Waals surface area contributed by atoms with Gasteiger partial charge in [0.15, 0.2) is 5.01 Å². The van der Waals surface area contributed by atoms with Crippen molar-refractivity contribution in [3.05, 3.63) is 46.4 Å². The molecule has 16 heteroatoms. The molecule has 14 nitrogen and oxygen atoms in total. The minimum Gasteiger partial charge on any atom is -0.465 e. The van der Waals surface area contributed by atoms with Gasteiger partial charge in [-0.25, -0.2) is 18.2 Å². The Morgan fingerprint density at radius 3 is 2.37 bits per heavy atom. The van der Waals surface area contributed by atoms with Crippen LogP contribution in [0.15, 0.2) is 40.7 Å². The number of carbonyl (C=O) groups is 3. The summed E-state index contributed by atoms with van der Waals surface area (Å²) in [5, 5.41) is 24.3. The smallest absolute Gasteiger partial charge is 0.407 e. The zero-order chi connectivity index (χ0) is 33.3. The second-order valence-electron chi connectivity index (χ2n) is 11.7. The molecule has 1 aromatic heterocycles. The van der Waals surface area contributed by atoms with Crippen LogP contribution in [0.4, 0.5) is 4.79 Å². The number of nitrogens with zero attached hydrogens (tertiary/aromatic N) is 4. The Morgan fingerprint density at radius 1 is 1.13 bits per heavy atom. The summed E-state index contributed by atoms with van der Waals surface area (Å²) in [5.74, 6) is -2.63. The first-order valence-corrected chi connectivity index (χ1v) is 17.8. The Bertz CT molecular complexity index is 1440. The van der Waals surface area contributed by atoms with Crippen molar-refractivity contribution >= 4 is 45.4 Å². The van der Waals surface area contributed by atoms with Crippen LogP contribution in [0, 0.1) is 18.3 Å². The number of nitrogens with one attached hydrogen (secondary N) is 4. The van der Waals surface area contributed by atoms with Gasteiger partial charge in [-0.3, -0.25) is 19.8 Å². The Hall–Kier alpha value is -3.28. The van der Waals surface area contributed by atoms with Crippen molar-refractivity contribution in [1.29, 1.82) is 5.41 Å². The van der Waals surface area contributed by atoms with Gasteiger partial charge in [-0.05, 0) is 76.9 Å². The van der Waals surface area contributed by atoms with Gasteiger partial charge >= 0.3 is 6.09 Å². The third-order valence-electron chi connectivity index (χ3n) is 8.75. The van der Waals surface area contributed by atoms with Crippen LogP contribution in [0.25, 0.3) is 0 Å². The number of aryl methyl sites for hydroxylation is 1. The van der Waals surface area contributed by atoms with Crippen molar-refractivity contribution in [1.82, 2.24) is 35.0 Å². The number of carboxylic acid groups (broad SMARTS) is 1. The van der Waals surface area contributed by atoms with Crippen LogP contribution >= 0.6 is 11.3 Å². The number of piperidine rings is 1. The van der Waals surface area contributed by atoms with E-state index in [1.807, 2.05) is 6.92 Å². The molecule has 1 aromatic carbocycles. The lowest BCUT2D eigenvalue weighted by atomic mass is 9.93. The molecule has 252 valence electrons. The summed E-state index contributed by atoms with van der Waals surface area (Å²) in [6.07, 6.45) is 4.75. The molecule has 2 saturated heterocycles. The van der Waals surface area contributed by atoms with E-state index < -0.39 is 39.6 Å². The SMILES string of the molecule is CN[C@@](NS(=O)(=O)c1ccc(C)cc1)(C(=O)NC(CCC=N)C(=O)c1nccs1)N1CCN(CCC2CCN(C(=O)O)CC2)CC1. The van der Waals surface area contributed by atoms with E-state index in [1.165, 1.54) is 30.3 Å². The second kappa shape index (κ2) is 16.0. The monoisotopic (exact) mass is 676 g/mol. The highest BCUT2D eigenvalue weighted by molar-refractivity contribution is 7.89. The van der Waals surface area contributed by atoms with Crippen molar-refractivity contribution in [2.24, 2.45) is 5.92 Å². The fourth-order valence-corrected chi connectivity index (χ4v) is 7.86. The van der Waals surface area contributed by atoms with Crippen molar-refractivity contribution < 1.29 is 27.9 Å². The summed E-state index contributed by atoms with van der Waals surface area (Å²) < 4.78 is 30.1. The van der Waals surface area contributed by atoms with Crippen molar-refractivity contribution in [3.63, 3.8) is 0 Å². The number of likely N-dealkylation sites (tertiary alicyclic amines) is 1. The molecule has 2 fully saturated rings. The van der Waals surface area contributed by atoms with E-state index >= 15 is 0 Å². The molecule has 0 aliphatic carbocycles. The Balaban J connectivity index is 1.52. The molecule has 3 heterocycles. The van der Waals surface area contributed by atoms with Crippen LogP contribution in [0.1, 0.15) is 47.5 Å². The van der Waals surface area contributed by atoms with Gasteiger partial charge in [0.25, 0.3) is 5.91 Å². The van der Waals surface area contributed by atoms with Gasteiger partial charge in [0.1, 0.15) is 0 Å². The number of thiazole rings is 1. The Kier molecular flexibility index (Phi) is 12.4. The van der Waals surface area contributed by atoms with Gasteiger partial charge in [-0.1, -0.05) is 17.7 Å². The van der Waals surface area contributed by atoms with Crippen LogP contribution in [-0.2, 0) is 14.8 Å². The number of sulfonamides is 1. The summed E-state index contributed by atoms with van der Waals surface area (Å²) in [6, 6.07) is 5.30. The van der Waals surface area contributed by atoms with Crippen LogP contribution in [0.5, 0.6) is 0 Å². The predicted molar refractivity (Wildman–Crippen MR) is 175 cm³/mol. The third kappa shape index (κ3) is 8.74. The maximum atomic E-state index is 14.3. The van der Waals surface area contributed by atoms with E-state index in [1.54, 1.807) is 22.4 Å². The normalized spacial score (nSPS) is 18.9. The molecule has 2 amide bonds. The molecule has 0 bridgehead atoms. The van der Waals surface area contributed by atoms with E-state index in [0.29, 0.717) is 45.2 Å². The predicted octanol–water partition coefficient (Wildman–Crippen LogP) is 1.80. The number of benzene rings is 1. The van der Waals surface area contributed by atoms with Gasteiger partial charge in [-0.15, -0.1) is 11.3 Å². The molecule has 0 radical (unpaired) electrons.